The number of benzene rings is 1. The van der Waals surface area contributed by atoms with Crippen molar-refractivity contribution in [2.75, 3.05) is 5.75 Å². The Hall–Kier alpha value is -2.87. The predicted octanol–water partition coefficient (Wildman–Crippen LogP) is 2.91. The Balaban J connectivity index is 1.99. The molecule has 0 bridgehead atoms. The van der Waals surface area contributed by atoms with E-state index < -0.39 is 5.97 Å². The molecular formula is C16H14N4O3S. The van der Waals surface area contributed by atoms with Gasteiger partial charge < -0.3 is 9.52 Å². The fraction of sp³-hybridized carbons (Fsp3) is 0.125. The first-order valence-corrected chi connectivity index (χ1v) is 8.07. The van der Waals surface area contributed by atoms with Gasteiger partial charge in [0.05, 0.1) is 23.8 Å². The Morgan fingerprint density at radius 2 is 2.12 bits per heavy atom. The zero-order valence-electron chi connectivity index (χ0n) is 12.8. The molecular weight excluding hydrogens is 328 g/mol. The lowest BCUT2D eigenvalue weighted by atomic mass is 10.2. The van der Waals surface area contributed by atoms with Crippen LogP contribution in [0.2, 0.25) is 0 Å². The second kappa shape index (κ2) is 7.14. The van der Waals surface area contributed by atoms with Crippen molar-refractivity contribution in [1.82, 2.24) is 14.9 Å². The van der Waals surface area contributed by atoms with Crippen LogP contribution in [0, 0.1) is 6.92 Å². The van der Waals surface area contributed by atoms with Crippen molar-refractivity contribution in [3.05, 3.63) is 54.0 Å². The second-order valence-corrected chi connectivity index (χ2v) is 5.79. The zero-order chi connectivity index (χ0) is 16.9. The summed E-state index contributed by atoms with van der Waals surface area (Å²) in [6, 6.07) is 11.4. The van der Waals surface area contributed by atoms with E-state index >= 15 is 0 Å². The van der Waals surface area contributed by atoms with E-state index in [1.165, 1.54) is 4.68 Å². The highest BCUT2D eigenvalue weighted by Crippen LogP contribution is 2.26. The van der Waals surface area contributed by atoms with Crippen molar-refractivity contribution in [3.63, 3.8) is 0 Å². The number of aryl methyl sites for hydroxylation is 1. The summed E-state index contributed by atoms with van der Waals surface area (Å²) in [6.07, 6.45) is 3.24. The van der Waals surface area contributed by atoms with Crippen molar-refractivity contribution in [2.45, 2.75) is 12.1 Å². The van der Waals surface area contributed by atoms with Gasteiger partial charge in [0, 0.05) is 0 Å². The third kappa shape index (κ3) is 3.54. The van der Waals surface area contributed by atoms with E-state index in [0.29, 0.717) is 16.7 Å². The smallest absolute Gasteiger partial charge is 0.313 e. The van der Waals surface area contributed by atoms with Crippen molar-refractivity contribution in [1.29, 1.82) is 0 Å². The molecule has 8 heteroatoms. The number of rotatable bonds is 6. The minimum Gasteiger partial charge on any atom is -0.481 e. The molecule has 2 aromatic heterocycles. The molecule has 1 N–H and O–H groups in total. The predicted molar refractivity (Wildman–Crippen MR) is 90.3 cm³/mol. The van der Waals surface area contributed by atoms with Crippen molar-refractivity contribution < 1.29 is 14.3 Å². The number of carboxylic acids is 1. The molecule has 3 aromatic rings. The first-order valence-electron chi connectivity index (χ1n) is 7.09. The van der Waals surface area contributed by atoms with E-state index in [-0.39, 0.29) is 5.75 Å². The van der Waals surface area contributed by atoms with E-state index in [0.717, 1.165) is 22.9 Å². The average molecular weight is 342 g/mol. The lowest BCUT2D eigenvalue weighted by Gasteiger charge is -2.03. The summed E-state index contributed by atoms with van der Waals surface area (Å²) in [5, 5.41) is 21.9. The zero-order valence-corrected chi connectivity index (χ0v) is 13.6. The normalized spacial score (nSPS) is 11.2. The summed E-state index contributed by atoms with van der Waals surface area (Å²) < 4.78 is 6.84. The van der Waals surface area contributed by atoms with Gasteiger partial charge in [-0.05, 0) is 18.6 Å². The minimum absolute atomic E-state index is 0.122. The van der Waals surface area contributed by atoms with Crippen LogP contribution in [0.1, 0.15) is 11.3 Å². The maximum absolute atomic E-state index is 10.8. The first-order chi connectivity index (χ1) is 11.6. The highest BCUT2D eigenvalue weighted by molar-refractivity contribution is 7.99. The number of hydrogen-bond acceptors (Lipinski definition) is 6. The Morgan fingerprint density at radius 3 is 2.79 bits per heavy atom. The molecule has 0 aliphatic carbocycles. The summed E-state index contributed by atoms with van der Waals surface area (Å²) in [6.45, 7) is 1.82. The Labute approximate surface area is 142 Å². The van der Waals surface area contributed by atoms with Gasteiger partial charge in [0.25, 0.3) is 0 Å². The number of aliphatic carboxylic acids is 1. The van der Waals surface area contributed by atoms with Gasteiger partial charge in [0.2, 0.25) is 5.16 Å². The lowest BCUT2D eigenvalue weighted by Crippen LogP contribution is -2.01. The van der Waals surface area contributed by atoms with E-state index in [9.17, 15) is 4.79 Å². The van der Waals surface area contributed by atoms with E-state index in [1.54, 1.807) is 18.5 Å². The van der Waals surface area contributed by atoms with Crippen molar-refractivity contribution in [3.8, 4) is 11.4 Å². The van der Waals surface area contributed by atoms with Gasteiger partial charge in [-0.25, -0.2) is 0 Å². The molecule has 0 unspecified atom stereocenters. The summed E-state index contributed by atoms with van der Waals surface area (Å²) in [5.41, 5.74) is 1.67. The van der Waals surface area contributed by atoms with Crippen LogP contribution in [0.15, 0.2) is 57.3 Å². The maximum Gasteiger partial charge on any atom is 0.313 e. The van der Waals surface area contributed by atoms with Crippen LogP contribution in [0.25, 0.3) is 11.4 Å². The number of aromatic nitrogens is 3. The van der Waals surface area contributed by atoms with Gasteiger partial charge in [-0.3, -0.25) is 4.79 Å². The summed E-state index contributed by atoms with van der Waals surface area (Å²) in [7, 11) is 0. The third-order valence-electron chi connectivity index (χ3n) is 3.16. The van der Waals surface area contributed by atoms with Crippen molar-refractivity contribution >= 4 is 23.9 Å². The van der Waals surface area contributed by atoms with Crippen LogP contribution in [-0.2, 0) is 4.79 Å². The average Bonchev–Trinajstić information content (AvgIpc) is 3.17. The van der Waals surface area contributed by atoms with Crippen LogP contribution < -0.4 is 0 Å². The van der Waals surface area contributed by atoms with Gasteiger partial charge in [-0.2, -0.15) is 9.78 Å². The molecule has 0 radical (unpaired) electrons. The molecule has 24 heavy (non-hydrogen) atoms. The molecule has 1 aromatic carbocycles. The number of thioether (sulfide) groups is 1. The Kier molecular flexibility index (Phi) is 4.76. The van der Waals surface area contributed by atoms with Crippen LogP contribution in [0.4, 0.5) is 0 Å². The molecule has 0 fully saturated rings. The van der Waals surface area contributed by atoms with Gasteiger partial charge >= 0.3 is 5.97 Å². The first kappa shape index (κ1) is 16.0. The SMILES string of the molecule is Cc1occc1-c1nnc(SCC(=O)O)n1/N=C\c1ccccc1. The second-order valence-electron chi connectivity index (χ2n) is 4.85. The maximum atomic E-state index is 10.8. The van der Waals surface area contributed by atoms with Gasteiger partial charge in [0.15, 0.2) is 5.82 Å². The van der Waals surface area contributed by atoms with Crippen LogP contribution in [-0.4, -0.2) is 37.9 Å². The van der Waals surface area contributed by atoms with Gasteiger partial charge in [-0.15, -0.1) is 10.2 Å². The largest absolute Gasteiger partial charge is 0.481 e. The Morgan fingerprint density at radius 1 is 1.33 bits per heavy atom. The molecule has 0 saturated carbocycles. The molecule has 7 nitrogen and oxygen atoms in total. The Bertz CT molecular complexity index is 871. The molecule has 0 aliphatic heterocycles. The molecule has 122 valence electrons. The standard InChI is InChI=1S/C16H14N4O3S/c1-11-13(7-8-23-11)15-18-19-16(24-10-14(21)22)20(15)17-9-12-5-3-2-4-6-12/h2-9H,10H2,1H3,(H,21,22)/b17-9-. The summed E-state index contributed by atoms with van der Waals surface area (Å²) in [5.74, 6) is 0.140. The number of nitrogens with zero attached hydrogens (tertiary/aromatic N) is 4. The van der Waals surface area contributed by atoms with Gasteiger partial charge in [0.1, 0.15) is 5.76 Å². The van der Waals surface area contributed by atoms with E-state index in [4.69, 9.17) is 9.52 Å². The molecule has 0 spiro atoms. The lowest BCUT2D eigenvalue weighted by molar-refractivity contribution is -0.133. The molecule has 0 atom stereocenters. The van der Waals surface area contributed by atoms with Crippen molar-refractivity contribution in [2.24, 2.45) is 5.10 Å². The number of carboxylic acid groups (broad SMARTS) is 1. The third-order valence-corrected chi connectivity index (χ3v) is 4.06. The molecule has 2 heterocycles. The summed E-state index contributed by atoms with van der Waals surface area (Å²) in [4.78, 5) is 10.8. The molecule has 0 saturated heterocycles. The fourth-order valence-corrected chi connectivity index (χ4v) is 2.64. The highest BCUT2D eigenvalue weighted by Gasteiger charge is 2.17. The topological polar surface area (TPSA) is 93.5 Å². The number of hydrogen-bond donors (Lipinski definition) is 1. The monoisotopic (exact) mass is 342 g/mol. The van der Waals surface area contributed by atoms with E-state index in [2.05, 4.69) is 15.3 Å². The summed E-state index contributed by atoms with van der Waals surface area (Å²) >= 11 is 1.06. The fourth-order valence-electron chi connectivity index (χ4n) is 2.03. The van der Waals surface area contributed by atoms with Crippen LogP contribution >= 0.6 is 11.8 Å². The van der Waals surface area contributed by atoms with Crippen LogP contribution in [0.5, 0.6) is 0 Å². The number of carbonyl (C=O) groups is 1. The highest BCUT2D eigenvalue weighted by atomic mass is 32.2. The van der Waals surface area contributed by atoms with Gasteiger partial charge in [-0.1, -0.05) is 42.1 Å². The molecule has 3 rings (SSSR count). The quantitative estimate of drug-likeness (QED) is 0.547. The van der Waals surface area contributed by atoms with E-state index in [1.807, 2.05) is 37.3 Å². The minimum atomic E-state index is -0.928. The molecule has 0 aliphatic rings. The molecule has 0 amide bonds. The number of furan rings is 1. The van der Waals surface area contributed by atoms with Crippen LogP contribution in [0.3, 0.4) is 0 Å².